The van der Waals surface area contributed by atoms with Gasteiger partial charge in [-0.15, -0.1) is 0 Å². The maximum atomic E-state index is 12.6. The molecule has 1 aromatic carbocycles. The normalized spacial score (nSPS) is 32.3. The monoisotopic (exact) mass is 496 g/mol. The highest BCUT2D eigenvalue weighted by atomic mass is 19.4. The number of benzene rings is 1. The molecular formula is C29H43F3O3. The fourth-order valence-electron chi connectivity index (χ4n) is 6.18. The van der Waals surface area contributed by atoms with Crippen LogP contribution in [0.1, 0.15) is 104 Å². The summed E-state index contributed by atoms with van der Waals surface area (Å²) >= 11 is 0. The molecule has 5 rings (SSSR count). The first kappa shape index (κ1) is 28.0. The second kappa shape index (κ2) is 9.72. The molecule has 4 aliphatic carbocycles. The molecule has 4 saturated carbocycles. The molecule has 3 nitrogen and oxygen atoms in total. The van der Waals surface area contributed by atoms with Gasteiger partial charge < -0.3 is 9.84 Å². The van der Waals surface area contributed by atoms with Crippen LogP contribution in [0.3, 0.4) is 0 Å². The Morgan fingerprint density at radius 2 is 1.46 bits per heavy atom. The van der Waals surface area contributed by atoms with Gasteiger partial charge in [0, 0.05) is 0 Å². The largest absolute Gasteiger partial charge is 0.458 e. The second-order valence-corrected chi connectivity index (χ2v) is 12.6. The van der Waals surface area contributed by atoms with Gasteiger partial charge in [0.1, 0.15) is 5.60 Å². The number of carbonyl (C=O) groups excluding carboxylic acids is 1. The van der Waals surface area contributed by atoms with E-state index >= 15 is 0 Å². The summed E-state index contributed by atoms with van der Waals surface area (Å²) in [6.07, 6.45) is 2.87. The minimum absolute atomic E-state index is 0.0162. The summed E-state index contributed by atoms with van der Waals surface area (Å²) in [7, 11) is 0. The molecule has 35 heavy (non-hydrogen) atoms. The molecule has 0 saturated heterocycles. The molecule has 0 spiro atoms. The van der Waals surface area contributed by atoms with Gasteiger partial charge in [0.25, 0.3) is 0 Å². The van der Waals surface area contributed by atoms with Gasteiger partial charge in [-0.05, 0) is 114 Å². The molecule has 0 radical (unpaired) electrons. The van der Waals surface area contributed by atoms with E-state index in [1.165, 1.54) is 44.2 Å². The van der Waals surface area contributed by atoms with Gasteiger partial charge in [0.15, 0.2) is 5.60 Å². The summed E-state index contributed by atoms with van der Waals surface area (Å²) in [6.45, 7) is 12.9. The van der Waals surface area contributed by atoms with E-state index in [0.29, 0.717) is 17.8 Å². The van der Waals surface area contributed by atoms with Crippen molar-refractivity contribution in [3.8, 4) is 0 Å². The quantitative estimate of drug-likeness (QED) is 0.433. The number of alkyl halides is 3. The SMILES string of the molecule is CC(C)(C)C(=O)OC1(C)C2CC3CC(C2)CC1C3.CCC(C)c1ccc(C(C)(O)C(F)(F)F)cc1. The lowest BCUT2D eigenvalue weighted by Crippen LogP contribution is -2.58. The van der Waals surface area contributed by atoms with E-state index in [2.05, 4.69) is 6.92 Å². The number of aliphatic hydroxyl groups is 1. The van der Waals surface area contributed by atoms with Crippen LogP contribution >= 0.6 is 0 Å². The molecular weight excluding hydrogens is 453 g/mol. The van der Waals surface area contributed by atoms with E-state index in [1.807, 2.05) is 34.6 Å². The molecule has 0 aromatic heterocycles. The average Bonchev–Trinajstić information content (AvgIpc) is 2.75. The third-order valence-corrected chi connectivity index (χ3v) is 8.89. The summed E-state index contributed by atoms with van der Waals surface area (Å²) in [5, 5.41) is 9.48. The topological polar surface area (TPSA) is 46.5 Å². The Kier molecular flexibility index (Phi) is 7.78. The fraction of sp³-hybridized carbons (Fsp3) is 0.759. The highest BCUT2D eigenvalue weighted by Crippen LogP contribution is 2.59. The van der Waals surface area contributed by atoms with Crippen molar-refractivity contribution in [2.45, 2.75) is 110 Å². The molecule has 198 valence electrons. The van der Waals surface area contributed by atoms with Crippen LogP contribution in [0.15, 0.2) is 24.3 Å². The van der Waals surface area contributed by atoms with Crippen LogP contribution in [-0.4, -0.2) is 22.9 Å². The second-order valence-electron chi connectivity index (χ2n) is 12.6. The Bertz CT molecular complexity index is 852. The minimum atomic E-state index is -4.66. The first-order chi connectivity index (χ1) is 16.0. The third-order valence-electron chi connectivity index (χ3n) is 8.89. The Balaban J connectivity index is 0.000000196. The Labute approximate surface area is 208 Å². The van der Waals surface area contributed by atoms with Gasteiger partial charge in [-0.1, -0.05) is 38.1 Å². The zero-order valence-electron chi connectivity index (χ0n) is 22.3. The van der Waals surface area contributed by atoms with Crippen molar-refractivity contribution < 1.29 is 27.8 Å². The van der Waals surface area contributed by atoms with Crippen LogP contribution in [-0.2, 0) is 15.1 Å². The molecule has 0 aliphatic heterocycles. The number of carbonyl (C=O) groups is 1. The van der Waals surface area contributed by atoms with Crippen molar-refractivity contribution in [1.82, 2.24) is 0 Å². The molecule has 4 aliphatic rings. The number of esters is 1. The molecule has 6 heteroatoms. The lowest BCUT2D eigenvalue weighted by molar-refractivity contribution is -0.258. The maximum absolute atomic E-state index is 12.6. The van der Waals surface area contributed by atoms with Crippen molar-refractivity contribution in [2.75, 3.05) is 0 Å². The summed E-state index contributed by atoms with van der Waals surface area (Å²) in [4.78, 5) is 12.2. The highest BCUT2D eigenvalue weighted by Gasteiger charge is 2.57. The molecule has 1 N–H and O–H groups in total. The Morgan fingerprint density at radius 1 is 1.00 bits per heavy atom. The summed E-state index contributed by atoms with van der Waals surface area (Å²) in [5.41, 5.74) is -2.48. The molecule has 4 bridgehead atoms. The van der Waals surface area contributed by atoms with E-state index in [0.717, 1.165) is 30.7 Å². The zero-order valence-corrected chi connectivity index (χ0v) is 22.3. The van der Waals surface area contributed by atoms with E-state index in [4.69, 9.17) is 4.74 Å². The van der Waals surface area contributed by atoms with Gasteiger partial charge in [0.2, 0.25) is 0 Å². The molecule has 0 amide bonds. The predicted molar refractivity (Wildman–Crippen MR) is 132 cm³/mol. The highest BCUT2D eigenvalue weighted by molar-refractivity contribution is 5.76. The summed E-state index contributed by atoms with van der Waals surface area (Å²) in [6, 6.07) is 5.97. The number of rotatable bonds is 4. The summed E-state index contributed by atoms with van der Waals surface area (Å²) in [5.74, 6) is 3.39. The van der Waals surface area contributed by atoms with Crippen LogP contribution in [0.5, 0.6) is 0 Å². The van der Waals surface area contributed by atoms with Gasteiger partial charge >= 0.3 is 12.1 Å². The molecule has 1 aromatic rings. The smallest absolute Gasteiger partial charge is 0.421 e. The Morgan fingerprint density at radius 3 is 1.83 bits per heavy atom. The number of hydrogen-bond donors (Lipinski definition) is 1. The zero-order chi connectivity index (χ0) is 26.4. The van der Waals surface area contributed by atoms with Crippen molar-refractivity contribution in [1.29, 1.82) is 0 Å². The van der Waals surface area contributed by atoms with Gasteiger partial charge in [-0.25, -0.2) is 0 Å². The molecule has 0 heterocycles. The number of ether oxygens (including phenoxy) is 1. The Hall–Kier alpha value is -1.56. The van der Waals surface area contributed by atoms with Crippen molar-refractivity contribution in [3.63, 3.8) is 0 Å². The lowest BCUT2D eigenvalue weighted by Gasteiger charge is -2.59. The van der Waals surface area contributed by atoms with Crippen LogP contribution in [0.25, 0.3) is 0 Å². The van der Waals surface area contributed by atoms with Crippen LogP contribution in [0.2, 0.25) is 0 Å². The van der Waals surface area contributed by atoms with Gasteiger partial charge in [-0.2, -0.15) is 13.2 Å². The third kappa shape index (κ3) is 5.73. The maximum Gasteiger partial charge on any atom is 0.421 e. The average molecular weight is 497 g/mol. The van der Waals surface area contributed by atoms with Crippen LogP contribution in [0.4, 0.5) is 13.2 Å². The molecule has 2 unspecified atom stereocenters. The van der Waals surface area contributed by atoms with E-state index in [-0.39, 0.29) is 22.5 Å². The van der Waals surface area contributed by atoms with Crippen molar-refractivity contribution in [2.24, 2.45) is 29.1 Å². The van der Waals surface area contributed by atoms with E-state index in [9.17, 15) is 23.1 Å². The van der Waals surface area contributed by atoms with Gasteiger partial charge in [-0.3, -0.25) is 4.79 Å². The van der Waals surface area contributed by atoms with E-state index < -0.39 is 11.8 Å². The summed E-state index contributed by atoms with van der Waals surface area (Å²) < 4.78 is 43.8. The molecule has 2 atom stereocenters. The van der Waals surface area contributed by atoms with Crippen molar-refractivity contribution >= 4 is 5.97 Å². The number of halogens is 3. The van der Waals surface area contributed by atoms with E-state index in [1.54, 1.807) is 12.1 Å². The van der Waals surface area contributed by atoms with Gasteiger partial charge in [0.05, 0.1) is 5.41 Å². The standard InChI is InChI=1S/C16H26O2.C13H17F3O/c1-15(2,3)14(17)18-16(4)12-6-10-5-11(8-12)9-13(16)7-10;1-4-9(2)10-5-7-11(8-6-10)12(3,17)13(14,15)16/h10-13H,5-9H2,1-4H3;5-9,17H,4H2,1-3H3. The van der Waals surface area contributed by atoms with Crippen LogP contribution in [0, 0.1) is 29.1 Å². The molecule has 4 fully saturated rings. The fourth-order valence-corrected chi connectivity index (χ4v) is 6.18. The lowest BCUT2D eigenvalue weighted by atomic mass is 9.50. The first-order valence-electron chi connectivity index (χ1n) is 13.1. The minimum Gasteiger partial charge on any atom is -0.458 e. The van der Waals surface area contributed by atoms with Crippen molar-refractivity contribution in [3.05, 3.63) is 35.4 Å². The predicted octanol–water partition coefficient (Wildman–Crippen LogP) is 7.76. The first-order valence-corrected chi connectivity index (χ1v) is 13.1. The van der Waals surface area contributed by atoms with Crippen LogP contribution < -0.4 is 0 Å². The number of hydrogen-bond acceptors (Lipinski definition) is 3.